The largest absolute Gasteiger partial charge is 0.362 e. The van der Waals surface area contributed by atoms with Crippen molar-refractivity contribution in [2.75, 3.05) is 12.3 Å². The van der Waals surface area contributed by atoms with E-state index in [2.05, 4.69) is 26.1 Å². The highest BCUT2D eigenvalue weighted by Crippen LogP contribution is 2.41. The molecule has 1 atom stereocenters. The van der Waals surface area contributed by atoms with Gasteiger partial charge in [-0.25, -0.2) is 0 Å². The summed E-state index contributed by atoms with van der Waals surface area (Å²) in [5, 5.41) is 4.74. The lowest BCUT2D eigenvalue weighted by Gasteiger charge is -2.39. The van der Waals surface area contributed by atoms with Crippen LogP contribution in [0.4, 0.5) is 0 Å². The normalized spacial score (nSPS) is 25.8. The van der Waals surface area contributed by atoms with Gasteiger partial charge in [0.25, 0.3) is 0 Å². The molecule has 1 fully saturated rings. The first-order chi connectivity index (χ1) is 8.11. The highest BCUT2D eigenvalue weighted by Gasteiger charge is 2.35. The standard InChI is InChI=1S/C14H26N2S/c1-11(2)12(3)16-13-15-9-14(10-17-13)7-5-4-6-8-14/h11-12H,4-10H2,1-3H3,(H,15,16). The van der Waals surface area contributed by atoms with Crippen LogP contribution in [-0.2, 0) is 0 Å². The molecule has 98 valence electrons. The number of nitrogens with one attached hydrogen (secondary N) is 1. The van der Waals surface area contributed by atoms with Gasteiger partial charge in [0, 0.05) is 18.3 Å². The molecular weight excluding hydrogens is 228 g/mol. The summed E-state index contributed by atoms with van der Waals surface area (Å²) in [7, 11) is 0. The number of hydrogen-bond donors (Lipinski definition) is 1. The number of rotatable bonds is 2. The summed E-state index contributed by atoms with van der Waals surface area (Å²) in [5.41, 5.74) is 0.551. The smallest absolute Gasteiger partial charge is 0.156 e. The maximum Gasteiger partial charge on any atom is 0.156 e. The Balaban J connectivity index is 1.88. The third-order valence-electron chi connectivity index (χ3n) is 4.34. The summed E-state index contributed by atoms with van der Waals surface area (Å²) in [4.78, 5) is 4.80. The van der Waals surface area contributed by atoms with Gasteiger partial charge in [0.2, 0.25) is 0 Å². The molecule has 1 N–H and O–H groups in total. The van der Waals surface area contributed by atoms with E-state index in [0.29, 0.717) is 17.4 Å². The van der Waals surface area contributed by atoms with E-state index >= 15 is 0 Å². The zero-order valence-corrected chi connectivity index (χ0v) is 12.3. The summed E-state index contributed by atoms with van der Waals surface area (Å²) in [6, 6.07) is 0.529. The number of nitrogens with zero attached hydrogens (tertiary/aromatic N) is 1. The fraction of sp³-hybridized carbons (Fsp3) is 0.929. The highest BCUT2D eigenvalue weighted by atomic mass is 32.2. The molecule has 1 unspecified atom stereocenters. The predicted octanol–water partition coefficient (Wildman–Crippen LogP) is 3.67. The molecule has 3 heteroatoms. The molecule has 0 aromatic heterocycles. The van der Waals surface area contributed by atoms with E-state index in [-0.39, 0.29) is 0 Å². The van der Waals surface area contributed by atoms with Gasteiger partial charge < -0.3 is 5.32 Å². The second-order valence-corrected chi connectivity index (χ2v) is 7.11. The number of aliphatic imine (C=N–C) groups is 1. The first-order valence-corrected chi connectivity index (χ1v) is 8.04. The predicted molar refractivity (Wildman–Crippen MR) is 77.7 cm³/mol. The molecule has 2 nitrogen and oxygen atoms in total. The van der Waals surface area contributed by atoms with Crippen molar-refractivity contribution in [3.05, 3.63) is 0 Å². The van der Waals surface area contributed by atoms with Gasteiger partial charge in [-0.3, -0.25) is 4.99 Å². The topological polar surface area (TPSA) is 24.4 Å². The third kappa shape index (κ3) is 3.40. The molecular formula is C14H26N2S. The van der Waals surface area contributed by atoms with Gasteiger partial charge >= 0.3 is 0 Å². The van der Waals surface area contributed by atoms with E-state index < -0.39 is 0 Å². The monoisotopic (exact) mass is 254 g/mol. The second kappa shape index (κ2) is 5.64. The maximum atomic E-state index is 4.80. The van der Waals surface area contributed by atoms with Crippen LogP contribution in [0.5, 0.6) is 0 Å². The summed E-state index contributed by atoms with van der Waals surface area (Å²) < 4.78 is 0. The molecule has 1 saturated carbocycles. The molecule has 0 amide bonds. The Bertz CT molecular complexity index is 280. The first-order valence-electron chi connectivity index (χ1n) is 7.05. The second-order valence-electron chi connectivity index (χ2n) is 6.15. The Kier molecular flexibility index (Phi) is 4.40. The van der Waals surface area contributed by atoms with Crippen molar-refractivity contribution in [2.24, 2.45) is 16.3 Å². The lowest BCUT2D eigenvalue weighted by molar-refractivity contribution is 0.232. The van der Waals surface area contributed by atoms with Crippen molar-refractivity contribution in [1.82, 2.24) is 5.32 Å². The molecule has 1 heterocycles. The van der Waals surface area contributed by atoms with Crippen LogP contribution in [0.25, 0.3) is 0 Å². The van der Waals surface area contributed by atoms with Crippen molar-refractivity contribution in [3.63, 3.8) is 0 Å². The molecule has 1 aliphatic carbocycles. The van der Waals surface area contributed by atoms with E-state index in [9.17, 15) is 0 Å². The van der Waals surface area contributed by atoms with E-state index in [1.165, 1.54) is 43.0 Å². The zero-order chi connectivity index (χ0) is 12.3. The van der Waals surface area contributed by atoms with Crippen LogP contribution >= 0.6 is 11.8 Å². The first kappa shape index (κ1) is 13.3. The summed E-state index contributed by atoms with van der Waals surface area (Å²) in [6.07, 6.45) is 7.07. The van der Waals surface area contributed by atoms with Crippen molar-refractivity contribution < 1.29 is 0 Å². The van der Waals surface area contributed by atoms with Gasteiger partial charge in [0.15, 0.2) is 5.17 Å². The van der Waals surface area contributed by atoms with Crippen LogP contribution in [0.15, 0.2) is 4.99 Å². The van der Waals surface area contributed by atoms with Gasteiger partial charge in [0.1, 0.15) is 0 Å². The SMILES string of the molecule is CC(C)C(C)NC1=NCC2(CCCCC2)CS1. The minimum absolute atomic E-state index is 0.529. The Labute approximate surface area is 110 Å². The van der Waals surface area contributed by atoms with Gasteiger partial charge in [-0.05, 0) is 31.1 Å². The van der Waals surface area contributed by atoms with Gasteiger partial charge in [-0.15, -0.1) is 0 Å². The molecule has 1 spiro atoms. The van der Waals surface area contributed by atoms with Crippen LogP contribution in [0.1, 0.15) is 52.9 Å². The van der Waals surface area contributed by atoms with E-state index in [0.717, 1.165) is 6.54 Å². The van der Waals surface area contributed by atoms with Gasteiger partial charge in [-0.1, -0.05) is 44.9 Å². The van der Waals surface area contributed by atoms with Crippen LogP contribution in [-0.4, -0.2) is 23.5 Å². The molecule has 0 saturated heterocycles. The lowest BCUT2D eigenvalue weighted by Crippen LogP contribution is -2.40. The van der Waals surface area contributed by atoms with E-state index in [1.807, 2.05) is 11.8 Å². The lowest BCUT2D eigenvalue weighted by atomic mass is 9.75. The Morgan fingerprint density at radius 3 is 2.41 bits per heavy atom. The minimum atomic E-state index is 0.529. The van der Waals surface area contributed by atoms with Crippen LogP contribution in [0.3, 0.4) is 0 Å². The summed E-state index contributed by atoms with van der Waals surface area (Å²) in [5.74, 6) is 1.95. The van der Waals surface area contributed by atoms with Crippen LogP contribution < -0.4 is 5.32 Å². The molecule has 0 aromatic carbocycles. The highest BCUT2D eigenvalue weighted by molar-refractivity contribution is 8.13. The fourth-order valence-electron chi connectivity index (χ4n) is 2.61. The minimum Gasteiger partial charge on any atom is -0.362 e. The van der Waals surface area contributed by atoms with E-state index in [1.54, 1.807) is 0 Å². The third-order valence-corrected chi connectivity index (χ3v) is 5.62. The number of thioether (sulfide) groups is 1. The van der Waals surface area contributed by atoms with Crippen molar-refractivity contribution in [1.29, 1.82) is 0 Å². The molecule has 2 rings (SSSR count). The van der Waals surface area contributed by atoms with Gasteiger partial charge in [-0.2, -0.15) is 0 Å². The summed E-state index contributed by atoms with van der Waals surface area (Å²) in [6.45, 7) is 7.83. The zero-order valence-electron chi connectivity index (χ0n) is 11.5. The molecule has 1 aliphatic heterocycles. The van der Waals surface area contributed by atoms with Crippen molar-refractivity contribution >= 4 is 16.9 Å². The molecule has 0 radical (unpaired) electrons. The molecule has 0 bridgehead atoms. The maximum absolute atomic E-state index is 4.80. The average Bonchev–Trinajstić information content (AvgIpc) is 2.33. The van der Waals surface area contributed by atoms with Gasteiger partial charge in [0.05, 0.1) is 0 Å². The molecule has 0 aromatic rings. The number of amidine groups is 1. The number of hydrogen-bond acceptors (Lipinski definition) is 3. The van der Waals surface area contributed by atoms with E-state index in [4.69, 9.17) is 4.99 Å². The Morgan fingerprint density at radius 2 is 1.88 bits per heavy atom. The quantitative estimate of drug-likeness (QED) is 0.813. The fourth-order valence-corrected chi connectivity index (χ4v) is 3.85. The van der Waals surface area contributed by atoms with Crippen LogP contribution in [0.2, 0.25) is 0 Å². The molecule has 17 heavy (non-hydrogen) atoms. The Hall–Kier alpha value is -0.180. The van der Waals surface area contributed by atoms with Crippen molar-refractivity contribution in [3.8, 4) is 0 Å². The average molecular weight is 254 g/mol. The van der Waals surface area contributed by atoms with Crippen LogP contribution in [0, 0.1) is 11.3 Å². The summed E-state index contributed by atoms with van der Waals surface area (Å²) >= 11 is 1.95. The Morgan fingerprint density at radius 1 is 1.18 bits per heavy atom. The van der Waals surface area contributed by atoms with Crippen molar-refractivity contribution in [2.45, 2.75) is 58.9 Å². The molecule has 2 aliphatic rings.